The molecule has 0 aliphatic rings. The summed E-state index contributed by atoms with van der Waals surface area (Å²) in [7, 11) is 3.23. The molecule has 0 bridgehead atoms. The number of hydrogen-bond acceptors (Lipinski definition) is 4. The maximum Gasteiger partial charge on any atom is 0.134 e. The van der Waals surface area contributed by atoms with E-state index in [1.165, 1.54) is 0 Å². The molecule has 0 aliphatic carbocycles. The van der Waals surface area contributed by atoms with Crippen LogP contribution < -0.4 is 9.47 Å². The fourth-order valence-corrected chi connectivity index (χ4v) is 2.07. The summed E-state index contributed by atoms with van der Waals surface area (Å²) in [6.45, 7) is 1.56. The van der Waals surface area contributed by atoms with Crippen LogP contribution in [0.2, 0.25) is 0 Å². The topological polar surface area (TPSA) is 35.5 Å². The van der Waals surface area contributed by atoms with Crippen molar-refractivity contribution in [3.63, 3.8) is 0 Å². The Hall–Kier alpha value is -1.16. The third-order valence-corrected chi connectivity index (χ3v) is 2.98. The second-order valence-electron chi connectivity index (χ2n) is 3.40. The van der Waals surface area contributed by atoms with Crippen LogP contribution in [0.1, 0.15) is 12.5 Å². The highest BCUT2D eigenvalue weighted by atomic mass is 32.2. The number of thioether (sulfide) groups is 1. The molecule has 0 heterocycles. The summed E-state index contributed by atoms with van der Waals surface area (Å²) in [5.41, 5.74) is 0.865. The number of ketones is 1. The molecule has 0 aliphatic heterocycles. The number of Topliss-reactive ketones (excluding diaryl/α,β-unsaturated/α-hetero) is 1. The van der Waals surface area contributed by atoms with Gasteiger partial charge < -0.3 is 9.47 Å². The van der Waals surface area contributed by atoms with Crippen LogP contribution in [0.5, 0.6) is 11.5 Å². The number of carbonyl (C=O) groups is 1. The van der Waals surface area contributed by atoms with Crippen molar-refractivity contribution < 1.29 is 14.3 Å². The average Bonchev–Trinajstić information content (AvgIpc) is 2.27. The van der Waals surface area contributed by atoms with Gasteiger partial charge in [0.05, 0.1) is 19.1 Å². The van der Waals surface area contributed by atoms with Crippen molar-refractivity contribution >= 4 is 17.5 Å². The van der Waals surface area contributed by atoms with Crippen molar-refractivity contribution in [1.82, 2.24) is 0 Å². The van der Waals surface area contributed by atoms with Crippen LogP contribution in [0.4, 0.5) is 0 Å². The van der Waals surface area contributed by atoms with Crippen LogP contribution in [-0.2, 0) is 11.2 Å². The van der Waals surface area contributed by atoms with Crippen molar-refractivity contribution in [3.8, 4) is 11.5 Å². The largest absolute Gasteiger partial charge is 0.496 e. The second kappa shape index (κ2) is 5.80. The van der Waals surface area contributed by atoms with E-state index in [1.54, 1.807) is 32.9 Å². The Balaban J connectivity index is 3.20. The number of carbonyl (C=O) groups excluding carboxylic acids is 1. The first-order valence-corrected chi connectivity index (χ1v) is 6.13. The predicted octanol–water partition coefficient (Wildman–Crippen LogP) is 2.56. The molecular weight excluding hydrogens is 224 g/mol. The van der Waals surface area contributed by atoms with E-state index in [-0.39, 0.29) is 5.78 Å². The first-order valence-electron chi connectivity index (χ1n) is 4.90. The Bertz CT molecular complexity index is 388. The van der Waals surface area contributed by atoms with Crippen LogP contribution in [-0.4, -0.2) is 26.3 Å². The number of hydrogen-bond donors (Lipinski definition) is 0. The molecule has 0 amide bonds. The summed E-state index contributed by atoms with van der Waals surface area (Å²) in [6.07, 6.45) is 2.34. The maximum absolute atomic E-state index is 11.1. The van der Waals surface area contributed by atoms with Crippen molar-refractivity contribution in [2.75, 3.05) is 20.5 Å². The van der Waals surface area contributed by atoms with Crippen LogP contribution >= 0.6 is 11.8 Å². The van der Waals surface area contributed by atoms with E-state index < -0.39 is 0 Å². The van der Waals surface area contributed by atoms with Crippen LogP contribution in [0.25, 0.3) is 0 Å². The molecule has 88 valence electrons. The summed E-state index contributed by atoms with van der Waals surface area (Å²) in [4.78, 5) is 12.1. The van der Waals surface area contributed by atoms with Gasteiger partial charge in [-0.05, 0) is 25.3 Å². The number of benzene rings is 1. The molecule has 0 saturated heterocycles. The molecule has 0 spiro atoms. The van der Waals surface area contributed by atoms with Gasteiger partial charge in [-0.1, -0.05) is 0 Å². The van der Waals surface area contributed by atoms with E-state index in [4.69, 9.17) is 9.47 Å². The molecular formula is C12H16O3S. The highest BCUT2D eigenvalue weighted by Gasteiger charge is 2.11. The molecule has 3 nitrogen and oxygen atoms in total. The third kappa shape index (κ3) is 2.92. The number of rotatable bonds is 5. The van der Waals surface area contributed by atoms with E-state index in [0.717, 1.165) is 22.0 Å². The van der Waals surface area contributed by atoms with E-state index in [1.807, 2.05) is 18.4 Å². The summed E-state index contributed by atoms with van der Waals surface area (Å²) in [5.74, 6) is 1.63. The minimum Gasteiger partial charge on any atom is -0.496 e. The molecule has 1 aromatic rings. The van der Waals surface area contributed by atoms with Gasteiger partial charge in [-0.3, -0.25) is 4.79 Å². The Morgan fingerprint density at radius 3 is 2.31 bits per heavy atom. The van der Waals surface area contributed by atoms with Crippen LogP contribution in [0.15, 0.2) is 17.0 Å². The van der Waals surface area contributed by atoms with Crippen molar-refractivity contribution in [1.29, 1.82) is 0 Å². The Labute approximate surface area is 100 Å². The average molecular weight is 240 g/mol. The number of methoxy groups -OCH3 is 2. The number of ether oxygens (including phenoxy) is 2. The van der Waals surface area contributed by atoms with Crippen LogP contribution in [0, 0.1) is 0 Å². The van der Waals surface area contributed by atoms with Crippen molar-refractivity contribution in [2.45, 2.75) is 18.2 Å². The monoisotopic (exact) mass is 240 g/mol. The molecule has 0 N–H and O–H groups in total. The third-order valence-electron chi connectivity index (χ3n) is 2.23. The van der Waals surface area contributed by atoms with Gasteiger partial charge in [0.2, 0.25) is 0 Å². The summed E-state index contributed by atoms with van der Waals surface area (Å²) < 4.78 is 10.5. The van der Waals surface area contributed by atoms with Gasteiger partial charge in [0, 0.05) is 12.0 Å². The molecule has 1 rings (SSSR count). The lowest BCUT2D eigenvalue weighted by Crippen LogP contribution is -2.01. The Morgan fingerprint density at radius 2 is 1.88 bits per heavy atom. The van der Waals surface area contributed by atoms with Crippen molar-refractivity contribution in [2.24, 2.45) is 0 Å². The molecule has 0 radical (unpaired) electrons. The summed E-state index contributed by atoms with van der Waals surface area (Å²) >= 11 is 1.59. The lowest BCUT2D eigenvalue weighted by molar-refractivity contribution is -0.116. The van der Waals surface area contributed by atoms with E-state index >= 15 is 0 Å². The lowest BCUT2D eigenvalue weighted by Gasteiger charge is -2.12. The first-order chi connectivity index (χ1) is 7.62. The predicted molar refractivity (Wildman–Crippen MR) is 65.7 cm³/mol. The minimum atomic E-state index is 0.109. The van der Waals surface area contributed by atoms with Gasteiger partial charge >= 0.3 is 0 Å². The zero-order valence-electron chi connectivity index (χ0n) is 9.99. The van der Waals surface area contributed by atoms with Crippen molar-refractivity contribution in [3.05, 3.63) is 17.7 Å². The maximum atomic E-state index is 11.1. The normalized spacial score (nSPS) is 10.0. The molecule has 0 atom stereocenters. The lowest BCUT2D eigenvalue weighted by atomic mass is 10.1. The summed E-state index contributed by atoms with van der Waals surface area (Å²) in [6, 6.07) is 3.77. The fourth-order valence-electron chi connectivity index (χ4n) is 1.50. The molecule has 0 aromatic heterocycles. The highest BCUT2D eigenvalue weighted by molar-refractivity contribution is 7.98. The zero-order valence-corrected chi connectivity index (χ0v) is 10.8. The Kier molecular flexibility index (Phi) is 4.68. The van der Waals surface area contributed by atoms with Gasteiger partial charge in [-0.2, -0.15) is 0 Å². The second-order valence-corrected chi connectivity index (χ2v) is 4.25. The van der Waals surface area contributed by atoms with Gasteiger partial charge in [-0.15, -0.1) is 11.8 Å². The Morgan fingerprint density at radius 1 is 1.25 bits per heavy atom. The SMILES string of the molecule is COc1cc(SC)c(OC)cc1CC(C)=O. The molecule has 4 heteroatoms. The van der Waals surface area contributed by atoms with Gasteiger partial charge in [0.1, 0.15) is 17.3 Å². The van der Waals surface area contributed by atoms with Gasteiger partial charge in [0.25, 0.3) is 0 Å². The van der Waals surface area contributed by atoms with Crippen LogP contribution in [0.3, 0.4) is 0 Å². The van der Waals surface area contributed by atoms with E-state index in [0.29, 0.717) is 6.42 Å². The minimum absolute atomic E-state index is 0.109. The highest BCUT2D eigenvalue weighted by Crippen LogP contribution is 2.34. The quantitative estimate of drug-likeness (QED) is 0.741. The summed E-state index contributed by atoms with van der Waals surface area (Å²) in [5, 5.41) is 0. The fraction of sp³-hybridized carbons (Fsp3) is 0.417. The molecule has 0 unspecified atom stereocenters. The molecule has 0 fully saturated rings. The van der Waals surface area contributed by atoms with Gasteiger partial charge in [0.15, 0.2) is 0 Å². The first kappa shape index (κ1) is 12.9. The zero-order chi connectivity index (χ0) is 12.1. The smallest absolute Gasteiger partial charge is 0.134 e. The van der Waals surface area contributed by atoms with E-state index in [2.05, 4.69) is 0 Å². The van der Waals surface area contributed by atoms with E-state index in [9.17, 15) is 4.79 Å². The molecule has 1 aromatic carbocycles. The standard InChI is InChI=1S/C12H16O3S/c1-8(13)5-9-6-11(15-3)12(16-4)7-10(9)14-2/h6-7H,5H2,1-4H3. The molecule has 0 saturated carbocycles. The van der Waals surface area contributed by atoms with Gasteiger partial charge in [-0.25, -0.2) is 0 Å². The molecule has 16 heavy (non-hydrogen) atoms.